The number of guanidine groups is 1. The first-order valence-corrected chi connectivity index (χ1v) is 10.0. The van der Waals surface area contributed by atoms with Crippen LogP contribution < -0.4 is 15.5 Å². The van der Waals surface area contributed by atoms with Crippen LogP contribution in [0.15, 0.2) is 35.3 Å². The van der Waals surface area contributed by atoms with Gasteiger partial charge in [0.15, 0.2) is 5.96 Å². The maximum atomic E-state index is 12.5. The number of hydrogen-bond donors (Lipinski definition) is 2. The van der Waals surface area contributed by atoms with Crippen LogP contribution in [0.2, 0.25) is 0 Å². The molecule has 1 aliphatic carbocycles. The highest BCUT2D eigenvalue weighted by atomic mass is 16.5. The summed E-state index contributed by atoms with van der Waals surface area (Å²) in [6, 6.07) is 10.3. The average molecular weight is 370 g/mol. The number of aliphatic imine (C=N–C) groups is 1. The predicted molar refractivity (Wildman–Crippen MR) is 107 cm³/mol. The summed E-state index contributed by atoms with van der Waals surface area (Å²) in [5.41, 5.74) is 1.05. The van der Waals surface area contributed by atoms with Crippen LogP contribution in [-0.4, -0.2) is 49.8 Å². The van der Waals surface area contributed by atoms with Crippen molar-refractivity contribution in [3.63, 3.8) is 0 Å². The van der Waals surface area contributed by atoms with E-state index < -0.39 is 0 Å². The highest BCUT2D eigenvalue weighted by Gasteiger charge is 2.59. The Bertz CT molecular complexity index is 718. The van der Waals surface area contributed by atoms with Gasteiger partial charge in [0.25, 0.3) is 0 Å². The van der Waals surface area contributed by atoms with Gasteiger partial charge in [-0.25, -0.2) is 0 Å². The maximum Gasteiger partial charge on any atom is 0.229 e. The number of carbonyl (C=O) groups excluding carboxylic acids is 1. The van der Waals surface area contributed by atoms with Crippen LogP contribution in [0.25, 0.3) is 0 Å². The zero-order valence-electron chi connectivity index (χ0n) is 16.4. The molecule has 146 valence electrons. The van der Waals surface area contributed by atoms with Crippen LogP contribution in [0.5, 0.6) is 0 Å². The maximum absolute atomic E-state index is 12.5. The summed E-state index contributed by atoms with van der Waals surface area (Å²) in [5, 5.41) is 7.14. The van der Waals surface area contributed by atoms with Crippen molar-refractivity contribution >= 4 is 17.6 Å². The summed E-state index contributed by atoms with van der Waals surface area (Å²) in [7, 11) is 0. The molecule has 1 aromatic rings. The number of fused-ring (bicyclic) bond motifs is 1. The highest BCUT2D eigenvalue weighted by Crippen LogP contribution is 2.52. The number of carbonyl (C=O) groups is 1. The molecule has 0 bridgehead atoms. The van der Waals surface area contributed by atoms with Gasteiger partial charge < -0.3 is 20.3 Å². The third kappa shape index (κ3) is 3.31. The summed E-state index contributed by atoms with van der Waals surface area (Å²) >= 11 is 0. The molecule has 1 saturated carbocycles. The molecule has 2 heterocycles. The summed E-state index contributed by atoms with van der Waals surface area (Å²) < 4.78 is 5.90. The molecule has 2 N–H and O–H groups in total. The van der Waals surface area contributed by atoms with E-state index in [0.29, 0.717) is 37.6 Å². The normalized spacial score (nSPS) is 32.2. The van der Waals surface area contributed by atoms with Gasteiger partial charge >= 0.3 is 0 Å². The van der Waals surface area contributed by atoms with Crippen molar-refractivity contribution in [3.05, 3.63) is 30.3 Å². The van der Waals surface area contributed by atoms with Crippen molar-refractivity contribution in [2.24, 2.45) is 16.3 Å². The zero-order chi connectivity index (χ0) is 19.0. The molecule has 2 aliphatic heterocycles. The first-order chi connectivity index (χ1) is 13.0. The molecule has 1 aromatic carbocycles. The van der Waals surface area contributed by atoms with Gasteiger partial charge in [-0.2, -0.15) is 0 Å². The molecule has 0 radical (unpaired) electrons. The van der Waals surface area contributed by atoms with Gasteiger partial charge in [0.1, 0.15) is 0 Å². The van der Waals surface area contributed by atoms with Crippen LogP contribution in [0.4, 0.5) is 5.69 Å². The second-order valence-corrected chi connectivity index (χ2v) is 8.40. The Hall–Kier alpha value is -2.08. The van der Waals surface area contributed by atoms with Crippen molar-refractivity contribution in [1.29, 1.82) is 0 Å². The number of amides is 1. The lowest BCUT2D eigenvalue weighted by Crippen LogP contribution is -2.68. The topological polar surface area (TPSA) is 66.0 Å². The van der Waals surface area contributed by atoms with E-state index in [1.807, 2.05) is 42.2 Å². The Kier molecular flexibility index (Phi) is 4.84. The molecule has 4 unspecified atom stereocenters. The minimum Gasteiger partial charge on any atom is -0.377 e. The van der Waals surface area contributed by atoms with E-state index in [2.05, 4.69) is 29.5 Å². The number of rotatable bonds is 4. The number of ether oxygens (including phenoxy) is 1. The van der Waals surface area contributed by atoms with Gasteiger partial charge in [0.05, 0.1) is 12.1 Å². The van der Waals surface area contributed by atoms with Gasteiger partial charge in [-0.1, -0.05) is 32.0 Å². The van der Waals surface area contributed by atoms with E-state index in [9.17, 15) is 4.79 Å². The summed E-state index contributed by atoms with van der Waals surface area (Å²) in [5.74, 6) is 1.52. The molecule has 1 amide bonds. The number of nitrogens with zero attached hydrogens (tertiary/aromatic N) is 2. The third-order valence-corrected chi connectivity index (χ3v) is 6.24. The fourth-order valence-electron chi connectivity index (χ4n) is 4.91. The van der Waals surface area contributed by atoms with Crippen LogP contribution in [-0.2, 0) is 9.53 Å². The Balaban J connectivity index is 1.41. The molecule has 27 heavy (non-hydrogen) atoms. The number of nitrogens with one attached hydrogen (secondary N) is 2. The van der Waals surface area contributed by atoms with E-state index in [-0.39, 0.29) is 17.4 Å². The fraction of sp³-hybridized carbons (Fsp3) is 0.619. The number of benzene rings is 1. The smallest absolute Gasteiger partial charge is 0.229 e. The van der Waals surface area contributed by atoms with Crippen LogP contribution >= 0.6 is 0 Å². The van der Waals surface area contributed by atoms with Gasteiger partial charge in [0.2, 0.25) is 5.91 Å². The van der Waals surface area contributed by atoms with E-state index in [1.165, 1.54) is 0 Å². The average Bonchev–Trinajstić information content (AvgIpc) is 3.26. The molecule has 4 atom stereocenters. The van der Waals surface area contributed by atoms with E-state index in [0.717, 1.165) is 24.7 Å². The minimum absolute atomic E-state index is 0.0642. The van der Waals surface area contributed by atoms with Crippen molar-refractivity contribution in [1.82, 2.24) is 10.6 Å². The monoisotopic (exact) mass is 370 g/mol. The number of para-hydroxylation sites is 1. The lowest BCUT2D eigenvalue weighted by molar-refractivity contribution is -0.117. The molecule has 4 rings (SSSR count). The van der Waals surface area contributed by atoms with Gasteiger partial charge in [-0.3, -0.25) is 9.79 Å². The molecular formula is C21H30N4O2. The lowest BCUT2D eigenvalue weighted by atomic mass is 9.57. The van der Waals surface area contributed by atoms with Crippen molar-refractivity contribution in [2.75, 3.05) is 24.6 Å². The quantitative estimate of drug-likeness (QED) is 0.630. The van der Waals surface area contributed by atoms with Crippen LogP contribution in [0, 0.1) is 11.3 Å². The molecular weight excluding hydrogens is 340 g/mol. The van der Waals surface area contributed by atoms with Crippen LogP contribution in [0.1, 0.15) is 33.6 Å². The second-order valence-electron chi connectivity index (χ2n) is 8.40. The fourth-order valence-corrected chi connectivity index (χ4v) is 4.91. The van der Waals surface area contributed by atoms with E-state index >= 15 is 0 Å². The molecule has 0 aromatic heterocycles. The van der Waals surface area contributed by atoms with Crippen molar-refractivity contribution in [2.45, 2.75) is 51.8 Å². The Morgan fingerprint density at radius 2 is 2.07 bits per heavy atom. The molecule has 2 saturated heterocycles. The molecule has 0 spiro atoms. The summed E-state index contributed by atoms with van der Waals surface area (Å²) in [6.07, 6.45) is 1.94. The molecule has 6 heteroatoms. The molecule has 3 aliphatic rings. The summed E-state index contributed by atoms with van der Waals surface area (Å²) in [4.78, 5) is 19.0. The standard InChI is InChI=1S/C21H30N4O2/c1-4-22-20(24-18-16-10-11-27-19(16)21(18,2)3)23-14-12-17(26)25(13-14)15-8-6-5-7-9-15/h5-9,14,16,18-19H,4,10-13H2,1-3H3,(H2,22,23,24). The molecule has 6 nitrogen and oxygen atoms in total. The Morgan fingerprint density at radius 1 is 1.30 bits per heavy atom. The zero-order valence-corrected chi connectivity index (χ0v) is 16.4. The largest absolute Gasteiger partial charge is 0.377 e. The van der Waals surface area contributed by atoms with E-state index in [4.69, 9.17) is 4.74 Å². The lowest BCUT2D eigenvalue weighted by Gasteiger charge is -2.55. The first-order valence-electron chi connectivity index (χ1n) is 10.0. The first kappa shape index (κ1) is 18.3. The SMILES string of the molecule is CCN=C(NC1CC(=O)N(c2ccccc2)C1)NC1C2CCOC2C1(C)C. The second kappa shape index (κ2) is 7.15. The number of anilines is 1. The van der Waals surface area contributed by atoms with Gasteiger partial charge in [-0.15, -0.1) is 0 Å². The highest BCUT2D eigenvalue weighted by molar-refractivity contribution is 5.97. The number of hydrogen-bond acceptors (Lipinski definition) is 3. The third-order valence-electron chi connectivity index (χ3n) is 6.24. The molecule has 3 fully saturated rings. The van der Waals surface area contributed by atoms with Crippen molar-refractivity contribution in [3.8, 4) is 0 Å². The van der Waals surface area contributed by atoms with Crippen molar-refractivity contribution < 1.29 is 9.53 Å². The Morgan fingerprint density at radius 3 is 2.81 bits per heavy atom. The van der Waals surface area contributed by atoms with Gasteiger partial charge in [-0.05, 0) is 25.5 Å². The van der Waals surface area contributed by atoms with Crippen LogP contribution in [0.3, 0.4) is 0 Å². The predicted octanol–water partition coefficient (Wildman–Crippen LogP) is 2.16. The minimum atomic E-state index is 0.0642. The van der Waals surface area contributed by atoms with E-state index in [1.54, 1.807) is 0 Å². The summed E-state index contributed by atoms with van der Waals surface area (Å²) in [6.45, 7) is 8.78. The Labute approximate surface area is 161 Å². The van der Waals surface area contributed by atoms with Gasteiger partial charge in [0, 0.05) is 49.2 Å².